The maximum absolute atomic E-state index is 12.5. The molecule has 0 bridgehead atoms. The van der Waals surface area contributed by atoms with Gasteiger partial charge in [-0.2, -0.15) is 0 Å². The van der Waals surface area contributed by atoms with Crippen molar-refractivity contribution < 1.29 is 9.53 Å². The zero-order chi connectivity index (χ0) is 17.6. The molecule has 1 heterocycles. The number of unbranched alkanes of at least 4 members (excludes halogenated alkanes) is 3. The molecule has 0 unspecified atom stereocenters. The lowest BCUT2D eigenvalue weighted by Gasteiger charge is -2.19. The van der Waals surface area contributed by atoms with Gasteiger partial charge in [0.15, 0.2) is 5.78 Å². The monoisotopic (exact) mass is 351 g/mol. The van der Waals surface area contributed by atoms with Crippen LogP contribution in [0.5, 0.6) is 0 Å². The van der Waals surface area contributed by atoms with Gasteiger partial charge in [-0.3, -0.25) is 9.78 Å². The second-order valence-electron chi connectivity index (χ2n) is 6.11. The molecule has 25 heavy (non-hydrogen) atoms. The number of hydrogen-bond acceptors (Lipinski definition) is 4. The summed E-state index contributed by atoms with van der Waals surface area (Å²) in [6.07, 6.45) is 9.52. The molecule has 2 aromatic rings. The summed E-state index contributed by atoms with van der Waals surface area (Å²) < 4.78 is 5.77. The maximum Gasteiger partial charge on any atom is 0.190 e. The lowest BCUT2D eigenvalue weighted by Crippen LogP contribution is -2.18. The molecule has 4 heteroatoms. The first kappa shape index (κ1) is 17.5. The highest BCUT2D eigenvalue weighted by molar-refractivity contribution is 7.81. The van der Waals surface area contributed by atoms with Crippen LogP contribution in [0.15, 0.2) is 54.6 Å². The molecule has 0 saturated carbocycles. The second kappa shape index (κ2) is 8.17. The fraction of sp³-hybridized carbons (Fsp3) is 0.286. The molecule has 0 radical (unpaired) electrons. The van der Waals surface area contributed by atoms with E-state index in [-0.39, 0.29) is 5.78 Å². The number of ether oxygens (including phenoxy) is 1. The third-order valence-electron chi connectivity index (χ3n) is 4.28. The van der Waals surface area contributed by atoms with Gasteiger partial charge in [-0.25, -0.2) is 0 Å². The van der Waals surface area contributed by atoms with Crippen molar-refractivity contribution in [3.05, 3.63) is 65.7 Å². The predicted molar refractivity (Wildman–Crippen MR) is 104 cm³/mol. The molecule has 0 atom stereocenters. The summed E-state index contributed by atoms with van der Waals surface area (Å²) in [6.45, 7) is 2.78. The van der Waals surface area contributed by atoms with E-state index in [0.717, 1.165) is 29.5 Å². The Morgan fingerprint density at radius 1 is 1.00 bits per heavy atom. The van der Waals surface area contributed by atoms with Crippen LogP contribution in [0.25, 0.3) is 11.1 Å². The number of nitrogens with zero attached hydrogens (tertiary/aromatic N) is 1. The van der Waals surface area contributed by atoms with Gasteiger partial charge in [0.2, 0.25) is 0 Å². The average Bonchev–Trinajstić information content (AvgIpc) is 2.65. The van der Waals surface area contributed by atoms with Gasteiger partial charge in [0.25, 0.3) is 0 Å². The molecule has 0 amide bonds. The first-order valence-corrected chi connectivity index (χ1v) is 9.09. The van der Waals surface area contributed by atoms with E-state index in [4.69, 9.17) is 17.0 Å². The Balaban J connectivity index is 1.77. The van der Waals surface area contributed by atoms with Crippen molar-refractivity contribution in [2.24, 2.45) is 0 Å². The Hall–Kier alpha value is -2.33. The number of aromatic nitrogens is 1. The third kappa shape index (κ3) is 4.02. The van der Waals surface area contributed by atoms with Gasteiger partial charge in [0.05, 0.1) is 11.5 Å². The van der Waals surface area contributed by atoms with Crippen LogP contribution in [0.2, 0.25) is 0 Å². The first-order valence-electron chi connectivity index (χ1n) is 8.68. The van der Waals surface area contributed by atoms with Crippen molar-refractivity contribution in [2.75, 3.05) is 6.61 Å². The minimum Gasteiger partial charge on any atom is -0.492 e. The molecular weight excluding hydrogens is 330 g/mol. The number of carbonyl (C=O) groups is 1. The van der Waals surface area contributed by atoms with E-state index >= 15 is 0 Å². The van der Waals surface area contributed by atoms with Crippen LogP contribution < -0.4 is 0 Å². The number of hydrogen-bond donors (Lipinski definition) is 0. The van der Waals surface area contributed by atoms with Crippen molar-refractivity contribution >= 4 is 22.9 Å². The lowest BCUT2D eigenvalue weighted by molar-refractivity contribution is 0.103. The zero-order valence-electron chi connectivity index (χ0n) is 14.3. The molecule has 3 nitrogen and oxygen atoms in total. The molecule has 1 aliphatic rings. The van der Waals surface area contributed by atoms with Crippen LogP contribution in [-0.4, -0.2) is 22.2 Å². The van der Waals surface area contributed by atoms with E-state index < -0.39 is 0 Å². The largest absolute Gasteiger partial charge is 0.492 e. The zero-order valence-corrected chi connectivity index (χ0v) is 15.1. The minimum absolute atomic E-state index is 0.0527. The number of fused-ring (bicyclic) bond motifs is 1. The molecule has 0 saturated heterocycles. The number of ketones is 1. The van der Waals surface area contributed by atoms with Gasteiger partial charge >= 0.3 is 0 Å². The average molecular weight is 351 g/mol. The van der Waals surface area contributed by atoms with E-state index in [1.165, 1.54) is 18.9 Å². The van der Waals surface area contributed by atoms with Gasteiger partial charge in [-0.15, -0.1) is 0 Å². The number of pyridine rings is 1. The highest BCUT2D eigenvalue weighted by Gasteiger charge is 2.24. The van der Waals surface area contributed by atoms with Crippen molar-refractivity contribution in [1.82, 2.24) is 4.98 Å². The summed E-state index contributed by atoms with van der Waals surface area (Å²) in [5.74, 6) is 0.476. The summed E-state index contributed by atoms with van der Waals surface area (Å²) in [6, 6.07) is 9.65. The molecule has 128 valence electrons. The van der Waals surface area contributed by atoms with Gasteiger partial charge in [-0.1, -0.05) is 50.5 Å². The Labute approximate surface area is 153 Å². The Kier molecular flexibility index (Phi) is 5.71. The van der Waals surface area contributed by atoms with Crippen LogP contribution in [0, 0.1) is 0 Å². The standard InChI is InChI=1S/C21H21NO2S/c1-2-3-4-5-12-24-20-14-19(23)18-13-16(6-7-17(18)21(20)25)15-8-10-22-11-9-15/h6-11,13-14H,2-5,12H2,1H3. The predicted octanol–water partition coefficient (Wildman–Crippen LogP) is 5.14. The molecule has 0 N–H and O–H groups in total. The van der Waals surface area contributed by atoms with Crippen molar-refractivity contribution in [1.29, 1.82) is 0 Å². The Bertz CT molecular complexity index is 812. The fourth-order valence-electron chi connectivity index (χ4n) is 2.88. The van der Waals surface area contributed by atoms with Crippen LogP contribution in [0.3, 0.4) is 0 Å². The SMILES string of the molecule is CCCCCCOC1=CC(=O)c2cc(-c3ccncc3)ccc2C1=S. The van der Waals surface area contributed by atoms with Gasteiger partial charge in [0, 0.05) is 29.6 Å². The first-order chi connectivity index (χ1) is 12.2. The van der Waals surface area contributed by atoms with Crippen LogP contribution in [-0.2, 0) is 4.74 Å². The molecule has 3 rings (SSSR count). The third-order valence-corrected chi connectivity index (χ3v) is 4.71. The quantitative estimate of drug-likeness (QED) is 0.511. The summed E-state index contributed by atoms with van der Waals surface area (Å²) in [5, 5.41) is 0. The number of benzene rings is 1. The highest BCUT2D eigenvalue weighted by Crippen LogP contribution is 2.28. The molecule has 0 fully saturated rings. The number of thiocarbonyl (C=S) groups is 1. The number of allylic oxidation sites excluding steroid dienone is 2. The van der Waals surface area contributed by atoms with E-state index in [9.17, 15) is 4.79 Å². The molecule has 1 aliphatic carbocycles. The molecule has 0 spiro atoms. The van der Waals surface area contributed by atoms with Crippen LogP contribution >= 0.6 is 12.2 Å². The van der Waals surface area contributed by atoms with Crippen molar-refractivity contribution in [3.8, 4) is 11.1 Å². The smallest absolute Gasteiger partial charge is 0.190 e. The summed E-state index contributed by atoms with van der Waals surface area (Å²) in [7, 11) is 0. The summed E-state index contributed by atoms with van der Waals surface area (Å²) in [4.78, 5) is 17.2. The van der Waals surface area contributed by atoms with Gasteiger partial charge in [0.1, 0.15) is 5.76 Å². The molecule has 1 aromatic heterocycles. The number of carbonyl (C=O) groups excluding carboxylic acids is 1. The van der Waals surface area contributed by atoms with Crippen molar-refractivity contribution in [2.45, 2.75) is 32.6 Å². The van der Waals surface area contributed by atoms with E-state index in [1.54, 1.807) is 12.4 Å². The molecule has 1 aromatic carbocycles. The molecule has 0 aliphatic heterocycles. The summed E-state index contributed by atoms with van der Waals surface area (Å²) in [5.41, 5.74) is 3.43. The Morgan fingerprint density at radius 2 is 1.80 bits per heavy atom. The van der Waals surface area contributed by atoms with Gasteiger partial charge < -0.3 is 4.74 Å². The normalized spacial score (nSPS) is 13.4. The second-order valence-corrected chi connectivity index (χ2v) is 6.52. The highest BCUT2D eigenvalue weighted by atomic mass is 32.1. The van der Waals surface area contributed by atoms with Crippen molar-refractivity contribution in [3.63, 3.8) is 0 Å². The Morgan fingerprint density at radius 3 is 2.56 bits per heavy atom. The minimum atomic E-state index is -0.0527. The molecular formula is C21H21NO2S. The summed E-state index contributed by atoms with van der Waals surface area (Å²) >= 11 is 5.54. The van der Waals surface area contributed by atoms with E-state index in [1.807, 2.05) is 30.3 Å². The van der Waals surface area contributed by atoms with Gasteiger partial charge in [-0.05, 0) is 35.7 Å². The topological polar surface area (TPSA) is 39.2 Å². The van der Waals surface area contributed by atoms with E-state index in [0.29, 0.717) is 22.8 Å². The van der Waals surface area contributed by atoms with Crippen LogP contribution in [0.1, 0.15) is 48.5 Å². The fourth-order valence-corrected chi connectivity index (χ4v) is 3.18. The lowest BCUT2D eigenvalue weighted by atomic mass is 9.91. The van der Waals surface area contributed by atoms with E-state index in [2.05, 4.69) is 11.9 Å². The van der Waals surface area contributed by atoms with Crippen LogP contribution in [0.4, 0.5) is 0 Å². The maximum atomic E-state index is 12.5. The number of rotatable bonds is 7.